The molecule has 84 valence electrons. The normalized spacial score (nSPS) is 30.5. The minimum Gasteiger partial charge on any atom is -0.296 e. The highest BCUT2D eigenvalue weighted by molar-refractivity contribution is 4.92. The lowest BCUT2D eigenvalue weighted by atomic mass is 9.95. The third kappa shape index (κ3) is 2.34. The maximum absolute atomic E-state index is 8.77. The fourth-order valence-corrected chi connectivity index (χ4v) is 3.46. The lowest BCUT2D eigenvalue weighted by Crippen LogP contribution is -2.40. The molecule has 1 heterocycles. The average Bonchev–Trinajstić information content (AvgIpc) is 2.88. The summed E-state index contributed by atoms with van der Waals surface area (Å²) in [6.45, 7) is 3.44. The van der Waals surface area contributed by atoms with Gasteiger partial charge >= 0.3 is 0 Å². The van der Waals surface area contributed by atoms with Gasteiger partial charge in [-0.05, 0) is 45.1 Å². The summed E-state index contributed by atoms with van der Waals surface area (Å²) in [6.07, 6.45) is 9.14. The highest BCUT2D eigenvalue weighted by Gasteiger charge is 2.35. The number of hydrogen-bond acceptors (Lipinski definition) is 2. The van der Waals surface area contributed by atoms with Crippen LogP contribution in [0, 0.1) is 17.2 Å². The molecule has 1 aliphatic heterocycles. The third-order valence-electron chi connectivity index (χ3n) is 4.24. The molecule has 0 spiro atoms. The minimum absolute atomic E-state index is 0.475. The number of rotatable bonds is 3. The fraction of sp³-hybridized carbons (Fsp3) is 0.923. The molecular weight excluding hydrogens is 184 g/mol. The van der Waals surface area contributed by atoms with E-state index in [1.54, 1.807) is 0 Å². The van der Waals surface area contributed by atoms with Gasteiger partial charge < -0.3 is 0 Å². The van der Waals surface area contributed by atoms with Crippen LogP contribution in [0.5, 0.6) is 0 Å². The monoisotopic (exact) mass is 206 g/mol. The molecule has 0 aromatic heterocycles. The maximum Gasteiger partial charge on any atom is 0.0638 e. The average molecular weight is 206 g/mol. The second-order valence-electron chi connectivity index (χ2n) is 5.20. The first-order chi connectivity index (χ1) is 7.33. The first kappa shape index (κ1) is 11.0. The lowest BCUT2D eigenvalue weighted by molar-refractivity contribution is 0.145. The summed E-state index contributed by atoms with van der Waals surface area (Å²) in [5, 5.41) is 8.77. The van der Waals surface area contributed by atoms with E-state index >= 15 is 0 Å². The van der Waals surface area contributed by atoms with Crippen molar-refractivity contribution < 1.29 is 0 Å². The van der Waals surface area contributed by atoms with E-state index in [9.17, 15) is 0 Å². The Hall–Kier alpha value is -0.550. The lowest BCUT2D eigenvalue weighted by Gasteiger charge is -2.33. The predicted molar refractivity (Wildman–Crippen MR) is 61.4 cm³/mol. The van der Waals surface area contributed by atoms with Gasteiger partial charge in [0, 0.05) is 12.1 Å². The van der Waals surface area contributed by atoms with Crippen LogP contribution in [0.3, 0.4) is 0 Å². The Bertz CT molecular complexity index is 237. The summed E-state index contributed by atoms with van der Waals surface area (Å²) in [7, 11) is 0. The number of likely N-dealkylation sites (tertiary alicyclic amines) is 1. The Morgan fingerprint density at radius 1 is 1.27 bits per heavy atom. The van der Waals surface area contributed by atoms with E-state index in [2.05, 4.69) is 17.9 Å². The third-order valence-corrected chi connectivity index (χ3v) is 4.24. The van der Waals surface area contributed by atoms with E-state index < -0.39 is 0 Å². The largest absolute Gasteiger partial charge is 0.296 e. The van der Waals surface area contributed by atoms with E-state index in [1.807, 2.05) is 0 Å². The highest BCUT2D eigenvalue weighted by Crippen LogP contribution is 2.36. The van der Waals surface area contributed by atoms with Crippen LogP contribution < -0.4 is 0 Å². The molecule has 2 fully saturated rings. The van der Waals surface area contributed by atoms with Crippen molar-refractivity contribution in [3.63, 3.8) is 0 Å². The first-order valence-corrected chi connectivity index (χ1v) is 6.45. The Morgan fingerprint density at radius 2 is 2.00 bits per heavy atom. The summed E-state index contributed by atoms with van der Waals surface area (Å²) in [6, 6.07) is 3.59. The van der Waals surface area contributed by atoms with Gasteiger partial charge in [0.2, 0.25) is 0 Å². The molecule has 0 radical (unpaired) electrons. The van der Waals surface area contributed by atoms with Crippen molar-refractivity contribution in [2.45, 2.75) is 64.0 Å². The molecule has 2 heteroatoms. The molecule has 0 bridgehead atoms. The zero-order valence-corrected chi connectivity index (χ0v) is 9.78. The summed E-state index contributed by atoms with van der Waals surface area (Å²) >= 11 is 0. The molecule has 1 aliphatic carbocycles. The van der Waals surface area contributed by atoms with Gasteiger partial charge in [-0.3, -0.25) is 4.90 Å². The second kappa shape index (κ2) is 4.99. The van der Waals surface area contributed by atoms with E-state index in [-0.39, 0.29) is 0 Å². The topological polar surface area (TPSA) is 27.0 Å². The second-order valence-corrected chi connectivity index (χ2v) is 5.20. The summed E-state index contributed by atoms with van der Waals surface area (Å²) in [4.78, 5) is 2.61. The smallest absolute Gasteiger partial charge is 0.0638 e. The van der Waals surface area contributed by atoms with Gasteiger partial charge in [0.05, 0.1) is 12.5 Å². The van der Waals surface area contributed by atoms with Gasteiger partial charge in [-0.1, -0.05) is 12.8 Å². The van der Waals surface area contributed by atoms with Crippen molar-refractivity contribution in [1.29, 1.82) is 5.26 Å². The molecule has 0 amide bonds. The number of hydrogen-bond donors (Lipinski definition) is 0. The van der Waals surface area contributed by atoms with Crippen LogP contribution >= 0.6 is 0 Å². The maximum atomic E-state index is 8.77. The van der Waals surface area contributed by atoms with Gasteiger partial charge in [0.15, 0.2) is 0 Å². The van der Waals surface area contributed by atoms with Crippen LogP contribution in [0.2, 0.25) is 0 Å². The summed E-state index contributed by atoms with van der Waals surface area (Å²) < 4.78 is 0. The van der Waals surface area contributed by atoms with Crippen molar-refractivity contribution in [1.82, 2.24) is 4.90 Å². The van der Waals surface area contributed by atoms with Gasteiger partial charge in [-0.25, -0.2) is 0 Å². The van der Waals surface area contributed by atoms with Crippen molar-refractivity contribution in [3.05, 3.63) is 0 Å². The molecule has 1 saturated carbocycles. The molecule has 2 aliphatic rings. The van der Waals surface area contributed by atoms with E-state index in [0.29, 0.717) is 12.5 Å². The molecule has 2 rings (SSSR count). The summed E-state index contributed by atoms with van der Waals surface area (Å²) in [5.74, 6) is 0.939. The SMILES string of the molecule is CC(CC#N)N1CCCC1C1CCCC1. The van der Waals surface area contributed by atoms with Gasteiger partial charge in [0.25, 0.3) is 0 Å². The Balaban J connectivity index is 1.95. The van der Waals surface area contributed by atoms with Crippen LogP contribution in [-0.4, -0.2) is 23.5 Å². The van der Waals surface area contributed by atoms with Gasteiger partial charge in [-0.15, -0.1) is 0 Å². The van der Waals surface area contributed by atoms with Crippen molar-refractivity contribution in [3.8, 4) is 6.07 Å². The number of nitrogens with zero attached hydrogens (tertiary/aromatic N) is 2. The van der Waals surface area contributed by atoms with Crippen molar-refractivity contribution >= 4 is 0 Å². The van der Waals surface area contributed by atoms with Crippen LogP contribution in [0.4, 0.5) is 0 Å². The van der Waals surface area contributed by atoms with Gasteiger partial charge in [0.1, 0.15) is 0 Å². The van der Waals surface area contributed by atoms with Crippen LogP contribution in [0.1, 0.15) is 51.9 Å². The van der Waals surface area contributed by atoms with E-state index in [4.69, 9.17) is 5.26 Å². The van der Waals surface area contributed by atoms with Crippen LogP contribution in [0.25, 0.3) is 0 Å². The molecule has 1 saturated heterocycles. The highest BCUT2D eigenvalue weighted by atomic mass is 15.2. The summed E-state index contributed by atoms with van der Waals surface area (Å²) in [5.41, 5.74) is 0. The zero-order chi connectivity index (χ0) is 10.7. The predicted octanol–water partition coefficient (Wildman–Crippen LogP) is 2.94. The quantitative estimate of drug-likeness (QED) is 0.710. The van der Waals surface area contributed by atoms with Gasteiger partial charge in [-0.2, -0.15) is 5.26 Å². The molecule has 0 aromatic carbocycles. The molecule has 15 heavy (non-hydrogen) atoms. The fourth-order valence-electron chi connectivity index (χ4n) is 3.46. The first-order valence-electron chi connectivity index (χ1n) is 6.45. The Morgan fingerprint density at radius 3 is 2.67 bits per heavy atom. The molecule has 2 nitrogen and oxygen atoms in total. The Kier molecular flexibility index (Phi) is 3.64. The number of nitriles is 1. The van der Waals surface area contributed by atoms with E-state index in [0.717, 1.165) is 12.0 Å². The minimum atomic E-state index is 0.475. The molecule has 2 atom stereocenters. The Labute approximate surface area is 93.3 Å². The standard InChI is InChI=1S/C13H22N2/c1-11(8-9-14)15-10-4-7-13(15)12-5-2-3-6-12/h11-13H,2-8,10H2,1H3. The molecule has 0 aromatic rings. The molecule has 0 N–H and O–H groups in total. The molecule has 2 unspecified atom stereocenters. The van der Waals surface area contributed by atoms with Crippen LogP contribution in [-0.2, 0) is 0 Å². The van der Waals surface area contributed by atoms with Crippen molar-refractivity contribution in [2.75, 3.05) is 6.54 Å². The van der Waals surface area contributed by atoms with Crippen molar-refractivity contribution in [2.24, 2.45) is 5.92 Å². The molecular formula is C13H22N2. The van der Waals surface area contributed by atoms with E-state index in [1.165, 1.54) is 45.1 Å². The van der Waals surface area contributed by atoms with Crippen LogP contribution in [0.15, 0.2) is 0 Å². The zero-order valence-electron chi connectivity index (χ0n) is 9.78.